The van der Waals surface area contributed by atoms with E-state index in [1.54, 1.807) is 0 Å². The molecular formula is C11H19NO2. The van der Waals surface area contributed by atoms with Crippen molar-refractivity contribution >= 4 is 5.97 Å². The molecule has 0 amide bonds. The molecule has 80 valence electrons. The summed E-state index contributed by atoms with van der Waals surface area (Å²) in [6, 6.07) is 0. The number of carbonyl (C=O) groups excluding carboxylic acids is 1. The first-order valence-corrected chi connectivity index (χ1v) is 5.60. The van der Waals surface area contributed by atoms with Crippen molar-refractivity contribution in [3.05, 3.63) is 0 Å². The zero-order valence-electron chi connectivity index (χ0n) is 8.79. The normalized spacial score (nSPS) is 40.1. The lowest BCUT2D eigenvalue weighted by molar-refractivity contribution is -0.158. The Balaban J connectivity index is 2.14. The number of hydrogen-bond donors (Lipinski definition) is 1. The van der Waals surface area contributed by atoms with E-state index in [0.717, 1.165) is 12.3 Å². The molecular weight excluding hydrogens is 178 g/mol. The van der Waals surface area contributed by atoms with Gasteiger partial charge in [0.1, 0.15) is 0 Å². The molecule has 0 radical (unpaired) electrons. The van der Waals surface area contributed by atoms with Crippen molar-refractivity contribution in [2.24, 2.45) is 23.0 Å². The Kier molecular flexibility index (Phi) is 2.52. The molecule has 2 N–H and O–H groups in total. The summed E-state index contributed by atoms with van der Waals surface area (Å²) < 4.78 is 5.15. The van der Waals surface area contributed by atoms with Crippen molar-refractivity contribution in [3.63, 3.8) is 0 Å². The molecule has 2 aliphatic carbocycles. The Labute approximate surface area is 85.0 Å². The smallest absolute Gasteiger partial charge is 0.313 e. The highest BCUT2D eigenvalue weighted by atomic mass is 16.5. The zero-order valence-corrected chi connectivity index (χ0v) is 8.79. The maximum absolute atomic E-state index is 11.9. The summed E-state index contributed by atoms with van der Waals surface area (Å²) in [5.74, 6) is 1.18. The molecule has 0 aromatic carbocycles. The second-order valence-electron chi connectivity index (χ2n) is 4.66. The minimum Gasteiger partial charge on any atom is -0.466 e. The summed E-state index contributed by atoms with van der Waals surface area (Å²) >= 11 is 0. The average molecular weight is 197 g/mol. The molecule has 2 rings (SSSR count). The van der Waals surface area contributed by atoms with E-state index in [2.05, 4.69) is 0 Å². The van der Waals surface area contributed by atoms with Crippen LogP contribution in [0.1, 0.15) is 32.6 Å². The predicted octanol–water partition coefficient (Wildman–Crippen LogP) is 1.31. The Morgan fingerprint density at radius 1 is 1.57 bits per heavy atom. The molecule has 0 heterocycles. The van der Waals surface area contributed by atoms with Crippen LogP contribution in [0.5, 0.6) is 0 Å². The molecule has 2 bridgehead atoms. The van der Waals surface area contributed by atoms with E-state index in [1.165, 1.54) is 19.3 Å². The predicted molar refractivity (Wildman–Crippen MR) is 53.6 cm³/mol. The lowest BCUT2D eigenvalue weighted by atomic mass is 9.73. The first-order valence-electron chi connectivity index (χ1n) is 5.60. The fourth-order valence-corrected chi connectivity index (χ4v) is 3.30. The second kappa shape index (κ2) is 3.54. The van der Waals surface area contributed by atoms with Gasteiger partial charge in [0.15, 0.2) is 0 Å². The van der Waals surface area contributed by atoms with Gasteiger partial charge in [0.2, 0.25) is 0 Å². The van der Waals surface area contributed by atoms with E-state index in [4.69, 9.17) is 10.5 Å². The average Bonchev–Trinajstić information content (AvgIpc) is 2.77. The number of rotatable bonds is 3. The standard InChI is InChI=1S/C11H19NO2/c1-2-14-10(13)11(7-12)6-8-3-4-9(11)5-8/h8-9H,2-7,12H2,1H3. The van der Waals surface area contributed by atoms with Crippen molar-refractivity contribution in [1.82, 2.24) is 0 Å². The van der Waals surface area contributed by atoms with E-state index >= 15 is 0 Å². The van der Waals surface area contributed by atoms with Crippen molar-refractivity contribution < 1.29 is 9.53 Å². The van der Waals surface area contributed by atoms with Gasteiger partial charge < -0.3 is 10.5 Å². The van der Waals surface area contributed by atoms with Crippen molar-refractivity contribution in [2.45, 2.75) is 32.6 Å². The van der Waals surface area contributed by atoms with Gasteiger partial charge in [-0.2, -0.15) is 0 Å². The summed E-state index contributed by atoms with van der Waals surface area (Å²) in [5, 5.41) is 0. The summed E-state index contributed by atoms with van der Waals surface area (Å²) in [6.45, 7) is 2.79. The fraction of sp³-hybridized carbons (Fsp3) is 0.909. The second-order valence-corrected chi connectivity index (χ2v) is 4.66. The summed E-state index contributed by atoms with van der Waals surface area (Å²) in [4.78, 5) is 11.9. The maximum Gasteiger partial charge on any atom is 0.313 e. The number of carbonyl (C=O) groups is 1. The number of ether oxygens (including phenoxy) is 1. The van der Waals surface area contributed by atoms with Gasteiger partial charge in [-0.3, -0.25) is 4.79 Å². The van der Waals surface area contributed by atoms with Crippen molar-refractivity contribution in [1.29, 1.82) is 0 Å². The summed E-state index contributed by atoms with van der Waals surface area (Å²) in [5.41, 5.74) is 5.47. The van der Waals surface area contributed by atoms with Gasteiger partial charge in [0, 0.05) is 6.54 Å². The van der Waals surface area contributed by atoms with Crippen LogP contribution in [0.4, 0.5) is 0 Å². The summed E-state index contributed by atoms with van der Waals surface area (Å²) in [7, 11) is 0. The molecule has 0 spiro atoms. The van der Waals surface area contributed by atoms with E-state index in [1.807, 2.05) is 6.92 Å². The van der Waals surface area contributed by atoms with Crippen molar-refractivity contribution in [2.75, 3.05) is 13.2 Å². The van der Waals surface area contributed by atoms with Gasteiger partial charge in [0.25, 0.3) is 0 Å². The first-order chi connectivity index (χ1) is 6.73. The molecule has 3 nitrogen and oxygen atoms in total. The highest BCUT2D eigenvalue weighted by Crippen LogP contribution is 2.55. The van der Waals surface area contributed by atoms with Crippen LogP contribution >= 0.6 is 0 Å². The van der Waals surface area contributed by atoms with E-state index in [9.17, 15) is 4.79 Å². The fourth-order valence-electron chi connectivity index (χ4n) is 3.30. The van der Waals surface area contributed by atoms with Gasteiger partial charge in [-0.1, -0.05) is 6.42 Å². The Morgan fingerprint density at radius 3 is 2.79 bits per heavy atom. The Bertz CT molecular complexity index is 241. The third-order valence-electron chi connectivity index (χ3n) is 4.02. The van der Waals surface area contributed by atoms with Crippen molar-refractivity contribution in [3.8, 4) is 0 Å². The highest BCUT2D eigenvalue weighted by molar-refractivity contribution is 5.78. The molecule has 0 aromatic heterocycles. The molecule has 0 saturated heterocycles. The lowest BCUT2D eigenvalue weighted by Crippen LogP contribution is -2.44. The maximum atomic E-state index is 11.9. The zero-order chi connectivity index (χ0) is 10.2. The van der Waals surface area contributed by atoms with Crippen LogP contribution < -0.4 is 5.73 Å². The minimum atomic E-state index is -0.321. The van der Waals surface area contributed by atoms with E-state index < -0.39 is 0 Å². The van der Waals surface area contributed by atoms with Crippen LogP contribution in [0.3, 0.4) is 0 Å². The number of esters is 1. The molecule has 3 atom stereocenters. The van der Waals surface area contributed by atoms with Crippen LogP contribution in [-0.4, -0.2) is 19.1 Å². The molecule has 2 fully saturated rings. The van der Waals surface area contributed by atoms with Crippen LogP contribution in [0.25, 0.3) is 0 Å². The molecule has 0 aromatic rings. The number of nitrogens with two attached hydrogens (primary N) is 1. The SMILES string of the molecule is CCOC(=O)C1(CN)CC2CCC1C2. The Morgan fingerprint density at radius 2 is 2.36 bits per heavy atom. The topological polar surface area (TPSA) is 52.3 Å². The van der Waals surface area contributed by atoms with Gasteiger partial charge in [-0.15, -0.1) is 0 Å². The van der Waals surface area contributed by atoms with Gasteiger partial charge in [0.05, 0.1) is 12.0 Å². The lowest BCUT2D eigenvalue weighted by Gasteiger charge is -2.33. The highest BCUT2D eigenvalue weighted by Gasteiger charge is 2.55. The third-order valence-corrected chi connectivity index (χ3v) is 4.02. The quantitative estimate of drug-likeness (QED) is 0.694. The van der Waals surface area contributed by atoms with Crippen LogP contribution in [0.2, 0.25) is 0 Å². The number of fused-ring (bicyclic) bond motifs is 2. The molecule has 0 aliphatic heterocycles. The minimum absolute atomic E-state index is 0.0466. The van der Waals surface area contributed by atoms with E-state index in [0.29, 0.717) is 19.1 Å². The third kappa shape index (κ3) is 1.26. The van der Waals surface area contributed by atoms with E-state index in [-0.39, 0.29) is 11.4 Å². The molecule has 2 aliphatic rings. The Hall–Kier alpha value is -0.570. The van der Waals surface area contributed by atoms with Crippen LogP contribution in [0.15, 0.2) is 0 Å². The van der Waals surface area contributed by atoms with Gasteiger partial charge in [-0.25, -0.2) is 0 Å². The largest absolute Gasteiger partial charge is 0.466 e. The monoisotopic (exact) mass is 197 g/mol. The van der Waals surface area contributed by atoms with Crippen LogP contribution in [0, 0.1) is 17.3 Å². The molecule has 3 unspecified atom stereocenters. The summed E-state index contributed by atoms with van der Waals surface area (Å²) in [6.07, 6.45) is 4.61. The van der Waals surface area contributed by atoms with Gasteiger partial charge in [-0.05, 0) is 38.0 Å². The number of hydrogen-bond acceptors (Lipinski definition) is 3. The molecule has 3 heteroatoms. The van der Waals surface area contributed by atoms with Crippen LogP contribution in [-0.2, 0) is 9.53 Å². The molecule has 2 saturated carbocycles. The van der Waals surface area contributed by atoms with Gasteiger partial charge >= 0.3 is 5.97 Å². The molecule has 14 heavy (non-hydrogen) atoms. The first kappa shape index (κ1) is 9.97.